The van der Waals surface area contributed by atoms with Gasteiger partial charge in [0.25, 0.3) is 11.4 Å². The highest BCUT2D eigenvalue weighted by Gasteiger charge is 2.11. The number of nitrogens with zero attached hydrogens (tertiary/aromatic N) is 2. The maximum absolute atomic E-state index is 10.2. The molecule has 0 spiro atoms. The molecule has 0 unspecified atom stereocenters. The van der Waals surface area contributed by atoms with E-state index in [4.69, 9.17) is 11.6 Å². The average Bonchev–Trinajstić information content (AvgIpc) is 2.81. The number of nitro benzene ring substituents is 2. The summed E-state index contributed by atoms with van der Waals surface area (Å²) in [5.74, 6) is 0. The van der Waals surface area contributed by atoms with Gasteiger partial charge in [-0.3, -0.25) is 20.2 Å². The van der Waals surface area contributed by atoms with Crippen LogP contribution in [0.4, 0.5) is 11.4 Å². The molecular formula is C10H7ClN2O4S. The molecule has 2 aromatic rings. The third-order valence-corrected chi connectivity index (χ3v) is 2.79. The molecule has 1 aromatic heterocycles. The second-order valence-electron chi connectivity index (χ2n) is 2.95. The van der Waals surface area contributed by atoms with Crippen LogP contribution < -0.4 is 0 Å². The molecule has 0 atom stereocenters. The maximum atomic E-state index is 10.2. The minimum Gasteiger partial charge on any atom is -0.258 e. The Kier molecular flexibility index (Phi) is 5.22. The van der Waals surface area contributed by atoms with E-state index in [0.717, 1.165) is 10.4 Å². The van der Waals surface area contributed by atoms with E-state index in [1.165, 1.54) is 18.2 Å². The van der Waals surface area contributed by atoms with Crippen molar-refractivity contribution in [3.8, 4) is 0 Å². The van der Waals surface area contributed by atoms with Gasteiger partial charge in [-0.25, -0.2) is 0 Å². The van der Waals surface area contributed by atoms with Crippen molar-refractivity contribution in [3.05, 3.63) is 66.3 Å². The van der Waals surface area contributed by atoms with Gasteiger partial charge < -0.3 is 0 Å². The molecule has 1 aromatic carbocycles. The Balaban J connectivity index is 0.000000225. The van der Waals surface area contributed by atoms with E-state index < -0.39 is 9.85 Å². The lowest BCUT2D eigenvalue weighted by molar-refractivity contribution is -0.394. The average molecular weight is 287 g/mol. The topological polar surface area (TPSA) is 86.3 Å². The molecule has 0 bridgehead atoms. The van der Waals surface area contributed by atoms with Gasteiger partial charge >= 0.3 is 0 Å². The zero-order valence-electron chi connectivity index (χ0n) is 8.86. The van der Waals surface area contributed by atoms with Gasteiger partial charge in [0.15, 0.2) is 0 Å². The molecule has 6 nitrogen and oxygen atoms in total. The number of hydrogen-bond acceptors (Lipinski definition) is 5. The molecule has 94 valence electrons. The Morgan fingerprint density at radius 1 is 1.00 bits per heavy atom. The molecule has 2 rings (SSSR count). The number of non-ortho nitro benzene ring substituents is 2. The first kappa shape index (κ1) is 14.1. The van der Waals surface area contributed by atoms with Gasteiger partial charge in [-0.15, -0.1) is 11.3 Å². The Bertz CT molecular complexity index is 515. The van der Waals surface area contributed by atoms with Crippen LogP contribution in [-0.2, 0) is 0 Å². The summed E-state index contributed by atoms with van der Waals surface area (Å²) in [4.78, 5) is 19.0. The van der Waals surface area contributed by atoms with E-state index in [1.54, 1.807) is 11.3 Å². The number of benzene rings is 1. The van der Waals surface area contributed by atoms with Crippen molar-refractivity contribution >= 4 is 34.3 Å². The molecule has 0 fully saturated rings. The summed E-state index contributed by atoms with van der Waals surface area (Å²) in [6, 6.07) is 8.38. The largest absolute Gasteiger partial charge is 0.276 e. The summed E-state index contributed by atoms with van der Waals surface area (Å²) in [5, 5.41) is 22.3. The molecule has 0 saturated carbocycles. The number of rotatable bonds is 2. The Morgan fingerprint density at radius 2 is 1.56 bits per heavy atom. The lowest BCUT2D eigenvalue weighted by Gasteiger charge is -1.90. The number of halogens is 1. The first-order chi connectivity index (χ1) is 8.50. The molecule has 0 amide bonds. The van der Waals surface area contributed by atoms with Crippen LogP contribution in [0.5, 0.6) is 0 Å². The van der Waals surface area contributed by atoms with Gasteiger partial charge in [0, 0.05) is 12.1 Å². The van der Waals surface area contributed by atoms with E-state index in [0.29, 0.717) is 0 Å². The van der Waals surface area contributed by atoms with Crippen LogP contribution in [-0.4, -0.2) is 9.85 Å². The molecular weight excluding hydrogens is 280 g/mol. The quantitative estimate of drug-likeness (QED) is 0.618. The highest BCUT2D eigenvalue weighted by atomic mass is 35.5. The van der Waals surface area contributed by atoms with Crippen LogP contribution in [0.25, 0.3) is 0 Å². The smallest absolute Gasteiger partial charge is 0.258 e. The molecule has 0 aliphatic carbocycles. The SMILES string of the molecule is Clc1cccs1.O=[N+]([O-])c1cccc([N+](=O)[O-])c1. The molecule has 0 saturated heterocycles. The third-order valence-electron chi connectivity index (χ3n) is 1.74. The van der Waals surface area contributed by atoms with Crippen LogP contribution in [0.3, 0.4) is 0 Å². The summed E-state index contributed by atoms with van der Waals surface area (Å²) in [6.45, 7) is 0. The fourth-order valence-corrected chi connectivity index (χ4v) is 1.65. The number of thiophene rings is 1. The highest BCUT2D eigenvalue weighted by molar-refractivity contribution is 7.14. The van der Waals surface area contributed by atoms with Gasteiger partial charge in [0.1, 0.15) is 0 Å². The minimum absolute atomic E-state index is 0.274. The lowest BCUT2D eigenvalue weighted by Crippen LogP contribution is -1.91. The Morgan fingerprint density at radius 3 is 1.83 bits per heavy atom. The third kappa shape index (κ3) is 4.48. The van der Waals surface area contributed by atoms with Crippen molar-refractivity contribution in [2.24, 2.45) is 0 Å². The van der Waals surface area contributed by atoms with E-state index in [9.17, 15) is 20.2 Å². The summed E-state index contributed by atoms with van der Waals surface area (Å²) in [5.41, 5.74) is -0.548. The fraction of sp³-hybridized carbons (Fsp3) is 0. The van der Waals surface area contributed by atoms with Gasteiger partial charge in [-0.2, -0.15) is 0 Å². The zero-order valence-corrected chi connectivity index (χ0v) is 10.4. The van der Waals surface area contributed by atoms with E-state index in [-0.39, 0.29) is 11.4 Å². The standard InChI is InChI=1S/C6H4N2O4.C4H3ClS/c9-7(10)5-2-1-3-6(4-5)8(11)12;5-4-2-1-3-6-4/h1-4H;1-3H. The minimum atomic E-state index is -0.674. The van der Waals surface area contributed by atoms with Crippen molar-refractivity contribution in [1.82, 2.24) is 0 Å². The summed E-state index contributed by atoms with van der Waals surface area (Å²) in [6.07, 6.45) is 0. The van der Waals surface area contributed by atoms with E-state index in [2.05, 4.69) is 0 Å². The lowest BCUT2D eigenvalue weighted by atomic mass is 10.3. The predicted molar refractivity (Wildman–Crippen MR) is 69.1 cm³/mol. The predicted octanol–water partition coefficient (Wildman–Crippen LogP) is 3.90. The van der Waals surface area contributed by atoms with Crippen LogP contribution in [0.15, 0.2) is 41.8 Å². The van der Waals surface area contributed by atoms with Crippen molar-refractivity contribution < 1.29 is 9.85 Å². The molecule has 1 heterocycles. The van der Waals surface area contributed by atoms with Gasteiger partial charge in [-0.05, 0) is 23.6 Å². The van der Waals surface area contributed by atoms with Crippen molar-refractivity contribution in [3.63, 3.8) is 0 Å². The second-order valence-corrected chi connectivity index (χ2v) is 4.53. The molecule has 0 aliphatic rings. The fourth-order valence-electron chi connectivity index (χ4n) is 0.979. The first-order valence-corrected chi connectivity index (χ1v) is 5.84. The maximum Gasteiger partial charge on any atom is 0.276 e. The number of hydrogen-bond donors (Lipinski definition) is 0. The zero-order chi connectivity index (χ0) is 13.5. The van der Waals surface area contributed by atoms with Crippen LogP contribution in [0, 0.1) is 20.2 Å². The first-order valence-electron chi connectivity index (χ1n) is 4.58. The molecule has 0 aliphatic heterocycles. The number of nitro groups is 2. The molecule has 0 radical (unpaired) electrons. The van der Waals surface area contributed by atoms with Crippen molar-refractivity contribution in [1.29, 1.82) is 0 Å². The Labute approximate surface area is 111 Å². The molecule has 8 heteroatoms. The van der Waals surface area contributed by atoms with Crippen molar-refractivity contribution in [2.45, 2.75) is 0 Å². The van der Waals surface area contributed by atoms with Gasteiger partial charge in [0.05, 0.1) is 20.2 Å². The van der Waals surface area contributed by atoms with Gasteiger partial charge in [0.2, 0.25) is 0 Å². The van der Waals surface area contributed by atoms with Gasteiger partial charge in [-0.1, -0.05) is 11.6 Å². The summed E-state index contributed by atoms with van der Waals surface area (Å²) < 4.78 is 0.856. The van der Waals surface area contributed by atoms with Crippen LogP contribution in [0.1, 0.15) is 0 Å². The molecule has 0 N–H and O–H groups in total. The van der Waals surface area contributed by atoms with Crippen LogP contribution >= 0.6 is 22.9 Å². The van der Waals surface area contributed by atoms with E-state index in [1.807, 2.05) is 17.5 Å². The monoisotopic (exact) mass is 286 g/mol. The normalized spacial score (nSPS) is 9.17. The Hall–Kier alpha value is -1.99. The summed E-state index contributed by atoms with van der Waals surface area (Å²) >= 11 is 7.02. The second kappa shape index (κ2) is 6.67. The van der Waals surface area contributed by atoms with E-state index >= 15 is 0 Å². The summed E-state index contributed by atoms with van der Waals surface area (Å²) in [7, 11) is 0. The van der Waals surface area contributed by atoms with Crippen molar-refractivity contribution in [2.75, 3.05) is 0 Å². The van der Waals surface area contributed by atoms with Crippen LogP contribution in [0.2, 0.25) is 4.34 Å². The highest BCUT2D eigenvalue weighted by Crippen LogP contribution is 2.18. The molecule has 18 heavy (non-hydrogen) atoms.